The second-order valence-corrected chi connectivity index (χ2v) is 5.08. The van der Waals surface area contributed by atoms with Crippen LogP contribution in [0.25, 0.3) is 0 Å². The first-order valence-electron chi connectivity index (χ1n) is 5.33. The molecule has 0 aromatic heterocycles. The Balaban J connectivity index is 0.00000128. The Bertz CT molecular complexity index is 309. The molecule has 1 aliphatic heterocycles. The highest BCUT2D eigenvalue weighted by atomic mass is 79.9. The molecule has 1 aromatic rings. The molecule has 2 rings (SSSR count). The normalized spacial score (nSPS) is 24.9. The molecule has 2 atom stereocenters. The van der Waals surface area contributed by atoms with Crippen LogP contribution in [0.2, 0.25) is 0 Å². The fourth-order valence-electron chi connectivity index (χ4n) is 1.70. The summed E-state index contributed by atoms with van der Waals surface area (Å²) in [5, 5.41) is 3.40. The zero-order chi connectivity index (χ0) is 10.7. The standard InChI is InChI=1S/C12H16BrNO.ClH/c1-9-7-14-12(15-8-9)6-10-2-4-11(13)5-3-10;/h2-5,9,12,14H,6-8H2,1H3;1H. The van der Waals surface area contributed by atoms with E-state index in [0.29, 0.717) is 5.92 Å². The number of hydrogen-bond acceptors (Lipinski definition) is 2. The Labute approximate surface area is 111 Å². The number of benzene rings is 1. The SMILES string of the molecule is CC1CNC(Cc2ccc(Br)cc2)OC1.Cl. The molecule has 0 spiro atoms. The molecule has 0 bridgehead atoms. The topological polar surface area (TPSA) is 21.3 Å². The van der Waals surface area contributed by atoms with Gasteiger partial charge in [0.25, 0.3) is 0 Å². The van der Waals surface area contributed by atoms with Gasteiger partial charge in [0.2, 0.25) is 0 Å². The summed E-state index contributed by atoms with van der Waals surface area (Å²) in [6.45, 7) is 4.12. The van der Waals surface area contributed by atoms with E-state index in [0.717, 1.165) is 24.0 Å². The largest absolute Gasteiger partial charge is 0.363 e. The van der Waals surface area contributed by atoms with E-state index in [-0.39, 0.29) is 18.6 Å². The Morgan fingerprint density at radius 3 is 2.62 bits per heavy atom. The van der Waals surface area contributed by atoms with Crippen LogP contribution < -0.4 is 5.32 Å². The lowest BCUT2D eigenvalue weighted by atomic mass is 10.1. The van der Waals surface area contributed by atoms with Gasteiger partial charge in [-0.2, -0.15) is 0 Å². The van der Waals surface area contributed by atoms with Gasteiger partial charge in [-0.1, -0.05) is 35.0 Å². The van der Waals surface area contributed by atoms with Crippen molar-refractivity contribution in [3.63, 3.8) is 0 Å². The van der Waals surface area contributed by atoms with Crippen LogP contribution in [0.1, 0.15) is 12.5 Å². The van der Waals surface area contributed by atoms with E-state index in [4.69, 9.17) is 4.74 Å². The number of nitrogens with one attached hydrogen (secondary N) is 1. The summed E-state index contributed by atoms with van der Waals surface area (Å²) in [6.07, 6.45) is 1.13. The van der Waals surface area contributed by atoms with Crippen LogP contribution in [-0.2, 0) is 11.2 Å². The molecule has 1 fully saturated rings. The van der Waals surface area contributed by atoms with Crippen LogP contribution in [-0.4, -0.2) is 19.4 Å². The molecule has 0 aliphatic carbocycles. The molecule has 0 amide bonds. The lowest BCUT2D eigenvalue weighted by Gasteiger charge is -2.28. The van der Waals surface area contributed by atoms with Gasteiger partial charge in [0.15, 0.2) is 0 Å². The number of hydrogen-bond donors (Lipinski definition) is 1. The van der Waals surface area contributed by atoms with Crippen molar-refractivity contribution in [3.8, 4) is 0 Å². The summed E-state index contributed by atoms with van der Waals surface area (Å²) >= 11 is 3.43. The third kappa shape index (κ3) is 4.06. The van der Waals surface area contributed by atoms with Gasteiger partial charge in [-0.25, -0.2) is 0 Å². The van der Waals surface area contributed by atoms with E-state index in [9.17, 15) is 0 Å². The summed E-state index contributed by atoms with van der Waals surface area (Å²) < 4.78 is 6.82. The Kier molecular flexibility index (Phi) is 5.76. The van der Waals surface area contributed by atoms with Crippen LogP contribution in [0.3, 0.4) is 0 Å². The van der Waals surface area contributed by atoms with Gasteiger partial charge >= 0.3 is 0 Å². The maximum Gasteiger partial charge on any atom is 0.112 e. The van der Waals surface area contributed by atoms with Crippen molar-refractivity contribution < 1.29 is 4.74 Å². The summed E-state index contributed by atoms with van der Waals surface area (Å²) in [5.74, 6) is 0.631. The highest BCUT2D eigenvalue weighted by Crippen LogP contribution is 2.14. The molecular weight excluding hydrogens is 289 g/mol. The third-order valence-corrected chi connectivity index (χ3v) is 3.14. The van der Waals surface area contributed by atoms with Gasteiger partial charge < -0.3 is 4.74 Å². The van der Waals surface area contributed by atoms with Crippen molar-refractivity contribution in [2.75, 3.05) is 13.2 Å². The number of ether oxygens (including phenoxy) is 1. The van der Waals surface area contributed by atoms with Gasteiger partial charge in [-0.05, 0) is 23.6 Å². The zero-order valence-electron chi connectivity index (χ0n) is 9.28. The van der Waals surface area contributed by atoms with Crippen LogP contribution >= 0.6 is 28.3 Å². The van der Waals surface area contributed by atoms with Gasteiger partial charge in [0.05, 0.1) is 6.61 Å². The van der Waals surface area contributed by atoms with Crippen molar-refractivity contribution in [2.45, 2.75) is 19.6 Å². The maximum atomic E-state index is 5.70. The molecule has 1 aliphatic rings. The molecule has 4 heteroatoms. The minimum atomic E-state index is 0. The molecule has 1 heterocycles. The highest BCUT2D eigenvalue weighted by molar-refractivity contribution is 9.10. The monoisotopic (exact) mass is 305 g/mol. The summed E-state index contributed by atoms with van der Waals surface area (Å²) in [6, 6.07) is 8.40. The first-order valence-corrected chi connectivity index (χ1v) is 6.13. The van der Waals surface area contributed by atoms with Crippen LogP contribution in [0.4, 0.5) is 0 Å². The first-order chi connectivity index (χ1) is 7.24. The minimum Gasteiger partial charge on any atom is -0.363 e. The molecule has 2 unspecified atom stereocenters. The Morgan fingerprint density at radius 2 is 2.06 bits per heavy atom. The van der Waals surface area contributed by atoms with Crippen LogP contribution in [0, 0.1) is 5.92 Å². The van der Waals surface area contributed by atoms with E-state index >= 15 is 0 Å². The summed E-state index contributed by atoms with van der Waals surface area (Å²) in [7, 11) is 0. The van der Waals surface area contributed by atoms with Crippen molar-refractivity contribution in [1.29, 1.82) is 0 Å². The lowest BCUT2D eigenvalue weighted by molar-refractivity contribution is -0.0228. The van der Waals surface area contributed by atoms with Crippen LogP contribution in [0.15, 0.2) is 28.7 Å². The van der Waals surface area contributed by atoms with E-state index in [2.05, 4.69) is 52.4 Å². The lowest BCUT2D eigenvalue weighted by Crippen LogP contribution is -2.43. The third-order valence-electron chi connectivity index (χ3n) is 2.61. The molecule has 1 N–H and O–H groups in total. The van der Waals surface area contributed by atoms with Crippen molar-refractivity contribution in [2.24, 2.45) is 5.92 Å². The number of halogens is 2. The van der Waals surface area contributed by atoms with E-state index in [1.165, 1.54) is 5.56 Å². The molecule has 0 saturated carbocycles. The molecule has 1 aromatic carbocycles. The summed E-state index contributed by atoms with van der Waals surface area (Å²) in [5.41, 5.74) is 1.31. The highest BCUT2D eigenvalue weighted by Gasteiger charge is 2.17. The van der Waals surface area contributed by atoms with Gasteiger partial charge in [0.1, 0.15) is 6.23 Å². The minimum absolute atomic E-state index is 0. The van der Waals surface area contributed by atoms with Crippen molar-refractivity contribution >= 4 is 28.3 Å². The molecule has 0 radical (unpaired) electrons. The van der Waals surface area contributed by atoms with Crippen LogP contribution in [0.5, 0.6) is 0 Å². The fraction of sp³-hybridized carbons (Fsp3) is 0.500. The molecular formula is C12H17BrClNO. The van der Waals surface area contributed by atoms with Gasteiger partial charge in [-0.3, -0.25) is 5.32 Å². The van der Waals surface area contributed by atoms with E-state index < -0.39 is 0 Å². The first kappa shape index (κ1) is 14.0. The predicted molar refractivity (Wildman–Crippen MR) is 72.0 cm³/mol. The summed E-state index contributed by atoms with van der Waals surface area (Å²) in [4.78, 5) is 0. The quantitative estimate of drug-likeness (QED) is 0.907. The predicted octanol–water partition coefficient (Wildman–Crippen LogP) is 3.00. The fourth-order valence-corrected chi connectivity index (χ4v) is 1.96. The number of rotatable bonds is 2. The van der Waals surface area contributed by atoms with Gasteiger partial charge in [0, 0.05) is 17.4 Å². The van der Waals surface area contributed by atoms with E-state index in [1.54, 1.807) is 0 Å². The van der Waals surface area contributed by atoms with Gasteiger partial charge in [-0.15, -0.1) is 12.4 Å². The molecule has 16 heavy (non-hydrogen) atoms. The molecule has 90 valence electrons. The van der Waals surface area contributed by atoms with Crippen molar-refractivity contribution in [3.05, 3.63) is 34.3 Å². The average molecular weight is 307 g/mol. The molecule has 2 nitrogen and oxygen atoms in total. The Morgan fingerprint density at radius 1 is 1.38 bits per heavy atom. The molecule has 1 saturated heterocycles. The second kappa shape index (κ2) is 6.60. The maximum absolute atomic E-state index is 5.70. The van der Waals surface area contributed by atoms with Crippen molar-refractivity contribution in [1.82, 2.24) is 5.32 Å². The zero-order valence-corrected chi connectivity index (χ0v) is 11.7. The smallest absolute Gasteiger partial charge is 0.112 e. The van der Waals surface area contributed by atoms with E-state index in [1.807, 2.05) is 0 Å². The average Bonchev–Trinajstić information content (AvgIpc) is 2.25. The Hall–Kier alpha value is -0.0900. The second-order valence-electron chi connectivity index (χ2n) is 4.17.